The number of methoxy groups -OCH3 is 4. The van der Waals surface area contributed by atoms with E-state index in [-0.39, 0.29) is 0 Å². The molecule has 1 unspecified atom stereocenters. The maximum absolute atomic E-state index is 5.67. The number of fused-ring (bicyclic) bond motifs is 4. The molecule has 3 heterocycles. The molecule has 1 fully saturated rings. The molecule has 0 bridgehead atoms. The van der Waals surface area contributed by atoms with Gasteiger partial charge in [0, 0.05) is 42.7 Å². The first-order valence-corrected chi connectivity index (χ1v) is 12.5. The Balaban J connectivity index is 1.43. The molecular formula is C28H38N2O4+2. The summed E-state index contributed by atoms with van der Waals surface area (Å²) < 4.78 is 22.4. The minimum atomic E-state index is 0.497. The average molecular weight is 467 g/mol. The molecule has 3 aliphatic rings. The van der Waals surface area contributed by atoms with Gasteiger partial charge in [0.2, 0.25) is 0 Å². The maximum atomic E-state index is 5.67. The number of rotatable bonds is 6. The number of piperidine rings is 1. The zero-order valence-electron chi connectivity index (χ0n) is 21.1. The second-order valence-corrected chi connectivity index (χ2v) is 9.92. The lowest BCUT2D eigenvalue weighted by atomic mass is 9.72. The molecule has 0 aromatic heterocycles. The van der Waals surface area contributed by atoms with Gasteiger partial charge in [-0.1, -0.05) is 6.92 Å². The fraction of sp³-hybridized carbons (Fsp3) is 0.536. The van der Waals surface area contributed by atoms with E-state index in [0.29, 0.717) is 17.9 Å². The molecule has 6 heteroatoms. The Morgan fingerprint density at radius 1 is 0.824 bits per heavy atom. The lowest BCUT2D eigenvalue weighted by Crippen LogP contribution is -3.15. The first-order valence-electron chi connectivity index (χ1n) is 12.5. The Morgan fingerprint density at radius 3 is 2.18 bits per heavy atom. The van der Waals surface area contributed by atoms with Crippen molar-refractivity contribution in [1.29, 1.82) is 0 Å². The highest BCUT2D eigenvalue weighted by Gasteiger charge is 2.44. The van der Waals surface area contributed by atoms with Gasteiger partial charge in [0.1, 0.15) is 12.6 Å². The standard InChI is InChI=1S/C28H36N2O4/c1-17-18(12-23-21-15-26(33-4)24(31-2)13-19(21)6-9-29-23)7-10-30-11-8-20-14-25(32-3)27(34-5)16-22(20)28(17)30/h13-18,28H,6-12H2,1-5H3/p+2/t17-,18+,28-/m0/s1. The summed E-state index contributed by atoms with van der Waals surface area (Å²) in [6, 6.07) is 9.26. The van der Waals surface area contributed by atoms with Crippen molar-refractivity contribution < 1.29 is 28.8 Å². The summed E-state index contributed by atoms with van der Waals surface area (Å²) in [5.41, 5.74) is 6.86. The summed E-state index contributed by atoms with van der Waals surface area (Å²) in [5, 5.41) is 0. The van der Waals surface area contributed by atoms with Gasteiger partial charge < -0.3 is 23.8 Å². The van der Waals surface area contributed by atoms with Gasteiger partial charge in [-0.25, -0.2) is 4.99 Å². The van der Waals surface area contributed by atoms with Gasteiger partial charge in [-0.2, -0.15) is 0 Å². The van der Waals surface area contributed by atoms with E-state index in [1.165, 1.54) is 47.5 Å². The predicted molar refractivity (Wildman–Crippen MR) is 132 cm³/mol. The molecule has 0 saturated carbocycles. The molecule has 2 aromatic rings. The van der Waals surface area contributed by atoms with Crippen LogP contribution in [-0.4, -0.2) is 53.8 Å². The van der Waals surface area contributed by atoms with Gasteiger partial charge in [-0.15, -0.1) is 0 Å². The van der Waals surface area contributed by atoms with Crippen molar-refractivity contribution in [3.63, 3.8) is 0 Å². The summed E-state index contributed by atoms with van der Waals surface area (Å²) in [6.45, 7) is 5.84. The van der Waals surface area contributed by atoms with E-state index in [0.717, 1.165) is 48.8 Å². The third kappa shape index (κ3) is 3.92. The number of ether oxygens (including phenoxy) is 4. The SMILES string of the molecule is COc1cc2c(cc1OC)C(C[C@H]1CC[NH+]3CCc4cc(OC)c(OC)cc4[C@@H]3[C@H]1C)=[NH+]CC2. The lowest BCUT2D eigenvalue weighted by molar-refractivity contribution is -0.945. The molecule has 5 rings (SSSR count). The lowest BCUT2D eigenvalue weighted by Gasteiger charge is -2.44. The van der Waals surface area contributed by atoms with Crippen LogP contribution >= 0.6 is 0 Å². The quantitative estimate of drug-likeness (QED) is 0.676. The van der Waals surface area contributed by atoms with Gasteiger partial charge in [0.25, 0.3) is 0 Å². The van der Waals surface area contributed by atoms with Crippen molar-refractivity contribution in [2.45, 2.75) is 38.6 Å². The summed E-state index contributed by atoms with van der Waals surface area (Å²) in [5.74, 6) is 4.49. The van der Waals surface area contributed by atoms with Crippen LogP contribution in [0.2, 0.25) is 0 Å². The van der Waals surface area contributed by atoms with Crippen LogP contribution in [0.3, 0.4) is 0 Å². The number of hydrogen-bond acceptors (Lipinski definition) is 4. The highest BCUT2D eigenvalue weighted by atomic mass is 16.5. The van der Waals surface area contributed by atoms with Gasteiger partial charge >= 0.3 is 0 Å². The Morgan fingerprint density at radius 2 is 1.47 bits per heavy atom. The van der Waals surface area contributed by atoms with E-state index < -0.39 is 0 Å². The Hall–Kier alpha value is -2.73. The summed E-state index contributed by atoms with van der Waals surface area (Å²) >= 11 is 0. The van der Waals surface area contributed by atoms with Crippen LogP contribution < -0.4 is 28.8 Å². The Labute approximate surface area is 202 Å². The first-order chi connectivity index (χ1) is 16.6. The molecule has 2 N–H and O–H groups in total. The zero-order valence-corrected chi connectivity index (χ0v) is 21.1. The molecule has 4 atom stereocenters. The van der Waals surface area contributed by atoms with E-state index in [9.17, 15) is 0 Å². The van der Waals surface area contributed by atoms with Crippen molar-refractivity contribution in [2.75, 3.05) is 48.1 Å². The van der Waals surface area contributed by atoms with E-state index >= 15 is 0 Å². The monoisotopic (exact) mass is 466 g/mol. The minimum Gasteiger partial charge on any atom is -0.493 e. The number of benzene rings is 2. The number of quaternary nitrogens is 1. The molecule has 3 aliphatic heterocycles. The van der Waals surface area contributed by atoms with Crippen molar-refractivity contribution in [1.82, 2.24) is 0 Å². The van der Waals surface area contributed by atoms with Crippen LogP contribution in [0.4, 0.5) is 0 Å². The average Bonchev–Trinajstić information content (AvgIpc) is 2.88. The summed E-state index contributed by atoms with van der Waals surface area (Å²) in [4.78, 5) is 5.45. The fourth-order valence-corrected chi connectivity index (χ4v) is 6.54. The molecule has 0 radical (unpaired) electrons. The Kier molecular flexibility index (Phi) is 6.43. The van der Waals surface area contributed by atoms with E-state index in [4.69, 9.17) is 18.9 Å². The molecule has 6 nitrogen and oxygen atoms in total. The minimum absolute atomic E-state index is 0.497. The van der Waals surface area contributed by atoms with Gasteiger partial charge in [0.05, 0.1) is 41.5 Å². The van der Waals surface area contributed by atoms with Crippen LogP contribution in [0.25, 0.3) is 0 Å². The van der Waals surface area contributed by atoms with Gasteiger partial charge in [-0.3, -0.25) is 0 Å². The zero-order chi connectivity index (χ0) is 23.8. The predicted octanol–water partition coefficient (Wildman–Crippen LogP) is 1.38. The maximum Gasteiger partial charge on any atom is 0.182 e. The van der Waals surface area contributed by atoms with Crippen molar-refractivity contribution in [3.05, 3.63) is 46.5 Å². The molecule has 34 heavy (non-hydrogen) atoms. The highest BCUT2D eigenvalue weighted by molar-refractivity contribution is 5.99. The summed E-state index contributed by atoms with van der Waals surface area (Å²) in [7, 11) is 6.88. The van der Waals surface area contributed by atoms with E-state index in [1.54, 1.807) is 33.3 Å². The largest absolute Gasteiger partial charge is 0.493 e. The summed E-state index contributed by atoms with van der Waals surface area (Å²) in [6.07, 6.45) is 4.43. The van der Waals surface area contributed by atoms with Crippen LogP contribution in [0.1, 0.15) is 48.1 Å². The third-order valence-electron chi connectivity index (χ3n) is 8.37. The normalized spacial score (nSPS) is 25.4. The molecule has 0 aliphatic carbocycles. The third-order valence-corrected chi connectivity index (χ3v) is 8.37. The molecule has 2 aromatic carbocycles. The van der Waals surface area contributed by atoms with Crippen molar-refractivity contribution in [3.8, 4) is 23.0 Å². The highest BCUT2D eigenvalue weighted by Crippen LogP contribution is 2.41. The molecule has 0 spiro atoms. The molecule has 182 valence electrons. The number of hydrogen-bond donors (Lipinski definition) is 2. The van der Waals surface area contributed by atoms with Crippen LogP contribution in [0, 0.1) is 11.8 Å². The second-order valence-electron chi connectivity index (χ2n) is 9.92. The van der Waals surface area contributed by atoms with E-state index in [2.05, 4.69) is 36.2 Å². The van der Waals surface area contributed by atoms with Crippen LogP contribution in [0.5, 0.6) is 23.0 Å². The van der Waals surface area contributed by atoms with Gasteiger partial charge in [-0.05, 0) is 41.3 Å². The topological polar surface area (TPSA) is 55.3 Å². The van der Waals surface area contributed by atoms with Gasteiger partial charge in [0.15, 0.2) is 28.7 Å². The second kappa shape index (κ2) is 9.49. The molecule has 0 amide bonds. The molecule has 1 saturated heterocycles. The van der Waals surface area contributed by atoms with Crippen molar-refractivity contribution >= 4 is 5.71 Å². The fourth-order valence-electron chi connectivity index (χ4n) is 6.54. The molecular weight excluding hydrogens is 428 g/mol. The Bertz CT molecular complexity index is 1100. The first kappa shape index (κ1) is 23.0. The van der Waals surface area contributed by atoms with Crippen LogP contribution in [0.15, 0.2) is 24.3 Å². The smallest absolute Gasteiger partial charge is 0.182 e. The van der Waals surface area contributed by atoms with E-state index in [1.807, 2.05) is 0 Å². The number of nitrogens with one attached hydrogen (secondary N) is 2. The van der Waals surface area contributed by atoms with Crippen LogP contribution in [-0.2, 0) is 12.8 Å². The van der Waals surface area contributed by atoms with Crippen molar-refractivity contribution in [2.24, 2.45) is 11.8 Å².